The summed E-state index contributed by atoms with van der Waals surface area (Å²) < 4.78 is 0. The molecule has 0 amide bonds. The van der Waals surface area contributed by atoms with Crippen molar-refractivity contribution in [1.82, 2.24) is 10.3 Å². The van der Waals surface area contributed by atoms with Crippen LogP contribution in [0.1, 0.15) is 30.5 Å². The summed E-state index contributed by atoms with van der Waals surface area (Å²) in [7, 11) is 0. The first kappa shape index (κ1) is 10.0. The molecule has 0 unspecified atom stereocenters. The Labute approximate surface area is 96.8 Å². The maximum absolute atomic E-state index is 4.38. The minimum atomic E-state index is 0.685. The zero-order valence-corrected chi connectivity index (χ0v) is 9.74. The third-order valence-corrected chi connectivity index (χ3v) is 3.77. The molecule has 0 bridgehead atoms. The second kappa shape index (κ2) is 4.02. The molecular formula is C14H18N2. The number of fused-ring (bicyclic) bond motifs is 1. The largest absolute Gasteiger partial charge is 0.313 e. The molecular weight excluding hydrogens is 196 g/mol. The Bertz CT molecular complexity index is 405. The molecule has 1 aliphatic carbocycles. The van der Waals surface area contributed by atoms with E-state index in [1.54, 1.807) is 0 Å². The lowest BCUT2D eigenvalue weighted by atomic mass is 9.94. The van der Waals surface area contributed by atoms with Crippen molar-refractivity contribution in [1.29, 1.82) is 0 Å². The lowest BCUT2D eigenvalue weighted by molar-refractivity contribution is 0.348. The minimum absolute atomic E-state index is 0.685. The Hall–Kier alpha value is -1.15. The summed E-state index contributed by atoms with van der Waals surface area (Å²) in [6.07, 6.45) is 8.31. The highest BCUT2D eigenvalue weighted by Crippen LogP contribution is 2.35. The van der Waals surface area contributed by atoms with E-state index in [0.717, 1.165) is 11.6 Å². The van der Waals surface area contributed by atoms with Crippen molar-refractivity contribution in [3.8, 4) is 0 Å². The van der Waals surface area contributed by atoms with Crippen molar-refractivity contribution in [2.45, 2.75) is 32.2 Å². The zero-order valence-electron chi connectivity index (χ0n) is 9.74. The molecule has 2 nitrogen and oxygen atoms in total. The predicted molar refractivity (Wildman–Crippen MR) is 66.1 cm³/mol. The Kier molecular flexibility index (Phi) is 2.52. The monoisotopic (exact) mass is 214 g/mol. The van der Waals surface area contributed by atoms with Gasteiger partial charge >= 0.3 is 0 Å². The van der Waals surface area contributed by atoms with E-state index in [0.29, 0.717) is 6.04 Å². The van der Waals surface area contributed by atoms with E-state index in [1.807, 2.05) is 13.1 Å². The van der Waals surface area contributed by atoms with Crippen LogP contribution in [0, 0.1) is 12.8 Å². The van der Waals surface area contributed by atoms with Gasteiger partial charge in [0, 0.05) is 17.9 Å². The van der Waals surface area contributed by atoms with E-state index in [1.165, 1.54) is 36.9 Å². The molecule has 0 saturated carbocycles. The highest BCUT2D eigenvalue weighted by molar-refractivity contribution is 5.68. The molecule has 0 aromatic carbocycles. The van der Waals surface area contributed by atoms with Crippen molar-refractivity contribution in [2.75, 3.05) is 6.54 Å². The zero-order chi connectivity index (χ0) is 11.0. The van der Waals surface area contributed by atoms with Crippen molar-refractivity contribution in [2.24, 2.45) is 5.92 Å². The maximum atomic E-state index is 4.38. The van der Waals surface area contributed by atoms with Gasteiger partial charge in [-0.05, 0) is 55.9 Å². The van der Waals surface area contributed by atoms with E-state index in [9.17, 15) is 0 Å². The number of nitrogens with zero attached hydrogens (tertiary/aromatic N) is 1. The fourth-order valence-electron chi connectivity index (χ4n) is 2.84. The Balaban J connectivity index is 1.83. The highest BCUT2D eigenvalue weighted by atomic mass is 14.9. The van der Waals surface area contributed by atoms with Gasteiger partial charge in [0.05, 0.1) is 0 Å². The first-order valence-corrected chi connectivity index (χ1v) is 6.20. The van der Waals surface area contributed by atoms with Crippen molar-refractivity contribution >= 4 is 5.57 Å². The summed E-state index contributed by atoms with van der Waals surface area (Å²) in [5.74, 6) is 0.755. The number of nitrogens with one attached hydrogen (secondary N) is 1. The standard InChI is InChI=1S/C14H18N2/c1-10-4-5-12(9-16-10)13-7-11-3-2-6-15-14(11)8-13/h4-5,7,9,11,14-15H,2-3,6,8H2,1H3/t11-,14+/m1/s1. The van der Waals surface area contributed by atoms with Crippen LogP contribution in [0.15, 0.2) is 24.4 Å². The van der Waals surface area contributed by atoms with Gasteiger partial charge in [-0.2, -0.15) is 0 Å². The van der Waals surface area contributed by atoms with Gasteiger partial charge in [-0.25, -0.2) is 0 Å². The van der Waals surface area contributed by atoms with Crippen molar-refractivity contribution < 1.29 is 0 Å². The molecule has 1 aromatic rings. The summed E-state index contributed by atoms with van der Waals surface area (Å²) >= 11 is 0. The molecule has 2 heteroatoms. The van der Waals surface area contributed by atoms with Crippen LogP contribution in [-0.4, -0.2) is 17.6 Å². The molecule has 0 spiro atoms. The third kappa shape index (κ3) is 1.78. The molecule has 1 aromatic heterocycles. The van der Waals surface area contributed by atoms with Gasteiger partial charge in [0.2, 0.25) is 0 Å². The number of pyridine rings is 1. The second-order valence-corrected chi connectivity index (χ2v) is 4.95. The topological polar surface area (TPSA) is 24.9 Å². The molecule has 1 N–H and O–H groups in total. The highest BCUT2D eigenvalue weighted by Gasteiger charge is 2.29. The van der Waals surface area contributed by atoms with Gasteiger partial charge in [-0.3, -0.25) is 4.98 Å². The number of hydrogen-bond donors (Lipinski definition) is 1. The predicted octanol–water partition coefficient (Wildman–Crippen LogP) is 2.55. The molecule has 84 valence electrons. The lowest BCUT2D eigenvalue weighted by Gasteiger charge is -2.25. The molecule has 2 heterocycles. The first-order valence-electron chi connectivity index (χ1n) is 6.20. The lowest BCUT2D eigenvalue weighted by Crippen LogP contribution is -2.37. The van der Waals surface area contributed by atoms with E-state index in [4.69, 9.17) is 0 Å². The van der Waals surface area contributed by atoms with Crippen LogP contribution in [0.3, 0.4) is 0 Å². The Morgan fingerprint density at radius 1 is 1.38 bits per heavy atom. The minimum Gasteiger partial charge on any atom is -0.313 e. The van der Waals surface area contributed by atoms with Gasteiger partial charge < -0.3 is 5.32 Å². The Morgan fingerprint density at radius 2 is 2.31 bits per heavy atom. The number of hydrogen-bond acceptors (Lipinski definition) is 2. The molecule has 1 aliphatic heterocycles. The van der Waals surface area contributed by atoms with Gasteiger partial charge in [-0.15, -0.1) is 0 Å². The summed E-state index contributed by atoms with van der Waals surface area (Å²) in [5.41, 5.74) is 3.89. The summed E-state index contributed by atoms with van der Waals surface area (Å²) in [6, 6.07) is 4.99. The average Bonchev–Trinajstić information content (AvgIpc) is 2.73. The summed E-state index contributed by atoms with van der Waals surface area (Å²) in [6.45, 7) is 3.22. The first-order chi connectivity index (χ1) is 7.83. The van der Waals surface area contributed by atoms with Crippen LogP contribution < -0.4 is 5.32 Å². The quantitative estimate of drug-likeness (QED) is 0.777. The van der Waals surface area contributed by atoms with E-state index in [2.05, 4.69) is 28.5 Å². The number of aromatic nitrogens is 1. The summed E-state index contributed by atoms with van der Waals surface area (Å²) in [5, 5.41) is 3.62. The molecule has 2 atom stereocenters. The molecule has 1 fully saturated rings. The van der Waals surface area contributed by atoms with Crippen LogP contribution in [0.2, 0.25) is 0 Å². The summed E-state index contributed by atoms with van der Waals surface area (Å²) in [4.78, 5) is 4.38. The van der Waals surface area contributed by atoms with Crippen molar-refractivity contribution in [3.05, 3.63) is 35.7 Å². The van der Waals surface area contributed by atoms with Crippen LogP contribution in [-0.2, 0) is 0 Å². The van der Waals surface area contributed by atoms with Gasteiger partial charge in [-0.1, -0.05) is 12.1 Å². The fraction of sp³-hybridized carbons (Fsp3) is 0.500. The van der Waals surface area contributed by atoms with Crippen molar-refractivity contribution in [3.63, 3.8) is 0 Å². The molecule has 16 heavy (non-hydrogen) atoms. The van der Waals surface area contributed by atoms with Gasteiger partial charge in [0.15, 0.2) is 0 Å². The normalized spacial score (nSPS) is 28.7. The van der Waals surface area contributed by atoms with Crippen LogP contribution in [0.4, 0.5) is 0 Å². The van der Waals surface area contributed by atoms with Crippen LogP contribution in [0.25, 0.3) is 5.57 Å². The molecule has 0 radical (unpaired) electrons. The maximum Gasteiger partial charge on any atom is 0.0373 e. The molecule has 3 rings (SSSR count). The third-order valence-electron chi connectivity index (χ3n) is 3.77. The number of rotatable bonds is 1. The van der Waals surface area contributed by atoms with E-state index in [-0.39, 0.29) is 0 Å². The molecule has 2 aliphatic rings. The number of piperidine rings is 1. The van der Waals surface area contributed by atoms with Crippen LogP contribution in [0.5, 0.6) is 0 Å². The van der Waals surface area contributed by atoms with Gasteiger partial charge in [0.1, 0.15) is 0 Å². The smallest absolute Gasteiger partial charge is 0.0373 e. The van der Waals surface area contributed by atoms with Gasteiger partial charge in [0.25, 0.3) is 0 Å². The van der Waals surface area contributed by atoms with Crippen LogP contribution >= 0.6 is 0 Å². The number of aryl methyl sites for hydroxylation is 1. The second-order valence-electron chi connectivity index (χ2n) is 4.95. The Morgan fingerprint density at radius 3 is 3.06 bits per heavy atom. The SMILES string of the molecule is Cc1ccc(C2=C[C@H]3CCCN[C@H]3C2)cn1. The van der Waals surface area contributed by atoms with E-state index >= 15 is 0 Å². The average molecular weight is 214 g/mol. The fourth-order valence-corrected chi connectivity index (χ4v) is 2.84. The van der Waals surface area contributed by atoms with E-state index < -0.39 is 0 Å². The molecule has 1 saturated heterocycles.